The molecule has 2 N–H and O–H groups in total. The number of ether oxygens (including phenoxy) is 1. The topological polar surface area (TPSA) is 59.0 Å². The highest BCUT2D eigenvalue weighted by atomic mass is 35.5. The van der Waals surface area contributed by atoms with E-state index in [-0.39, 0.29) is 5.41 Å². The normalized spacial score (nSPS) is 11.1. The Bertz CT molecular complexity index is 452. The molecule has 0 aliphatic heterocycles. The van der Waals surface area contributed by atoms with Gasteiger partial charge in [0.15, 0.2) is 0 Å². The van der Waals surface area contributed by atoms with Crippen molar-refractivity contribution in [1.29, 1.82) is 5.26 Å². The molecule has 19 heavy (non-hydrogen) atoms. The number of hydrogen-bond donors (Lipinski definition) is 1. The van der Waals surface area contributed by atoms with E-state index in [1.165, 1.54) is 0 Å². The van der Waals surface area contributed by atoms with E-state index < -0.39 is 0 Å². The highest BCUT2D eigenvalue weighted by Crippen LogP contribution is 2.29. The molecule has 0 radical (unpaired) electrons. The van der Waals surface area contributed by atoms with Gasteiger partial charge in [-0.1, -0.05) is 23.7 Å². The van der Waals surface area contributed by atoms with Crippen LogP contribution in [0.1, 0.15) is 32.3 Å². The summed E-state index contributed by atoms with van der Waals surface area (Å²) in [5.41, 5.74) is 6.31. The summed E-state index contributed by atoms with van der Waals surface area (Å²) in [4.78, 5) is 0. The summed E-state index contributed by atoms with van der Waals surface area (Å²) in [5.74, 6) is 0.726. The van der Waals surface area contributed by atoms with Crippen LogP contribution in [0.25, 0.3) is 0 Å². The lowest BCUT2D eigenvalue weighted by atomic mass is 9.90. The summed E-state index contributed by atoms with van der Waals surface area (Å²) in [6.07, 6.45) is 2.38. The summed E-state index contributed by atoms with van der Waals surface area (Å²) in [7, 11) is 0. The molecule has 0 heterocycles. The lowest BCUT2D eigenvalue weighted by Gasteiger charge is -2.16. The largest absolute Gasteiger partial charge is 0.492 e. The Morgan fingerprint density at radius 1 is 1.42 bits per heavy atom. The van der Waals surface area contributed by atoms with Gasteiger partial charge in [0.2, 0.25) is 0 Å². The van der Waals surface area contributed by atoms with Crippen LogP contribution in [0.15, 0.2) is 18.2 Å². The van der Waals surface area contributed by atoms with E-state index in [2.05, 4.69) is 6.07 Å². The van der Waals surface area contributed by atoms with Crippen molar-refractivity contribution in [3.05, 3.63) is 28.8 Å². The van der Waals surface area contributed by atoms with E-state index in [0.29, 0.717) is 18.2 Å². The summed E-state index contributed by atoms with van der Waals surface area (Å²) in [6.45, 7) is 5.00. The van der Waals surface area contributed by atoms with Crippen LogP contribution in [0.5, 0.6) is 5.75 Å². The Morgan fingerprint density at radius 2 is 2.16 bits per heavy atom. The van der Waals surface area contributed by atoms with Gasteiger partial charge < -0.3 is 10.5 Å². The molecule has 0 aliphatic rings. The van der Waals surface area contributed by atoms with Gasteiger partial charge in [0.1, 0.15) is 5.75 Å². The van der Waals surface area contributed by atoms with Crippen molar-refractivity contribution in [3.63, 3.8) is 0 Å². The van der Waals surface area contributed by atoms with Crippen molar-refractivity contribution < 1.29 is 4.74 Å². The predicted molar refractivity (Wildman–Crippen MR) is 78.3 cm³/mol. The Kier molecular flexibility index (Phi) is 6.14. The fourth-order valence-electron chi connectivity index (χ4n) is 1.81. The second kappa shape index (κ2) is 7.37. The summed E-state index contributed by atoms with van der Waals surface area (Å²) < 4.78 is 5.76. The Morgan fingerprint density at radius 3 is 2.79 bits per heavy atom. The molecule has 0 aliphatic carbocycles. The Hall–Kier alpha value is -1.24. The number of nitrogens with zero attached hydrogens (tertiary/aromatic N) is 1. The van der Waals surface area contributed by atoms with E-state index >= 15 is 0 Å². The number of halogens is 1. The molecule has 0 saturated heterocycles. The van der Waals surface area contributed by atoms with E-state index in [0.717, 1.165) is 30.6 Å². The second-order valence-corrected chi connectivity index (χ2v) is 5.62. The monoisotopic (exact) mass is 280 g/mol. The van der Waals surface area contributed by atoms with E-state index in [1.54, 1.807) is 0 Å². The van der Waals surface area contributed by atoms with Crippen LogP contribution in [0, 0.1) is 16.7 Å². The standard InChI is InChI=1S/C15H21ClN2O/c1-15(2,11-18)8-4-10-19-14-12(7-9-17)5-3-6-13(14)16/h3,5-6H,4,7-10,17H2,1-2H3. The number of nitriles is 1. The summed E-state index contributed by atoms with van der Waals surface area (Å²) in [5, 5.41) is 9.56. The van der Waals surface area contributed by atoms with Crippen LogP contribution in [0.2, 0.25) is 5.02 Å². The van der Waals surface area contributed by atoms with Crippen LogP contribution in [0.3, 0.4) is 0 Å². The average Bonchev–Trinajstić information content (AvgIpc) is 2.37. The molecule has 0 atom stereocenters. The van der Waals surface area contributed by atoms with Crippen LogP contribution < -0.4 is 10.5 Å². The first-order chi connectivity index (χ1) is 9.00. The molecule has 0 bridgehead atoms. The fourth-order valence-corrected chi connectivity index (χ4v) is 2.06. The van der Waals surface area contributed by atoms with E-state index in [9.17, 15) is 0 Å². The van der Waals surface area contributed by atoms with E-state index in [1.807, 2.05) is 32.0 Å². The number of benzene rings is 1. The molecule has 0 amide bonds. The maximum absolute atomic E-state index is 8.94. The zero-order valence-corrected chi connectivity index (χ0v) is 12.3. The third kappa shape index (κ3) is 5.10. The third-order valence-corrected chi connectivity index (χ3v) is 3.26. The Balaban J connectivity index is 2.56. The minimum Gasteiger partial charge on any atom is -0.492 e. The average molecular weight is 281 g/mol. The predicted octanol–water partition coefficient (Wildman–Crippen LogP) is 3.55. The molecule has 1 aromatic rings. The van der Waals surface area contributed by atoms with E-state index in [4.69, 9.17) is 27.3 Å². The van der Waals surface area contributed by atoms with Crippen LogP contribution in [-0.2, 0) is 6.42 Å². The molecule has 0 fully saturated rings. The van der Waals surface area contributed by atoms with Gasteiger partial charge in [-0.15, -0.1) is 0 Å². The maximum atomic E-state index is 8.94. The quantitative estimate of drug-likeness (QED) is 0.777. The van der Waals surface area contributed by atoms with Crippen molar-refractivity contribution in [2.75, 3.05) is 13.2 Å². The molecular formula is C15H21ClN2O. The van der Waals surface area contributed by atoms with Crippen molar-refractivity contribution in [3.8, 4) is 11.8 Å². The highest BCUT2D eigenvalue weighted by molar-refractivity contribution is 6.32. The zero-order valence-electron chi connectivity index (χ0n) is 11.6. The maximum Gasteiger partial charge on any atom is 0.141 e. The molecule has 4 heteroatoms. The molecular weight excluding hydrogens is 260 g/mol. The fraction of sp³-hybridized carbons (Fsp3) is 0.533. The highest BCUT2D eigenvalue weighted by Gasteiger charge is 2.16. The first-order valence-electron chi connectivity index (χ1n) is 6.51. The number of nitrogens with two attached hydrogens (primary N) is 1. The lowest BCUT2D eigenvalue weighted by Crippen LogP contribution is -2.11. The van der Waals surface area contributed by atoms with Gasteiger partial charge in [0, 0.05) is 0 Å². The third-order valence-electron chi connectivity index (χ3n) is 2.96. The molecule has 3 nitrogen and oxygen atoms in total. The van der Waals surface area contributed by atoms with Gasteiger partial charge >= 0.3 is 0 Å². The number of rotatable bonds is 7. The minimum absolute atomic E-state index is 0.302. The van der Waals surface area contributed by atoms with Gasteiger partial charge in [0.25, 0.3) is 0 Å². The molecule has 0 spiro atoms. The van der Waals surface area contributed by atoms with Gasteiger partial charge in [-0.2, -0.15) is 5.26 Å². The molecule has 0 saturated carbocycles. The van der Waals surface area contributed by atoms with Crippen molar-refractivity contribution in [2.24, 2.45) is 11.1 Å². The smallest absolute Gasteiger partial charge is 0.141 e. The van der Waals surface area contributed by atoms with Crippen LogP contribution in [-0.4, -0.2) is 13.2 Å². The Labute approximate surface area is 120 Å². The first-order valence-corrected chi connectivity index (χ1v) is 6.89. The SMILES string of the molecule is CC(C)(C#N)CCCOc1c(Cl)cccc1CCN. The molecule has 0 unspecified atom stereocenters. The molecule has 0 aromatic heterocycles. The molecule has 104 valence electrons. The van der Waals surface area contributed by atoms with Crippen LogP contribution >= 0.6 is 11.6 Å². The molecule has 1 rings (SSSR count). The minimum atomic E-state index is -0.302. The second-order valence-electron chi connectivity index (χ2n) is 5.21. The summed E-state index contributed by atoms with van der Waals surface area (Å²) in [6, 6.07) is 7.98. The van der Waals surface area contributed by atoms with Gasteiger partial charge in [-0.05, 0) is 51.3 Å². The molecule has 1 aromatic carbocycles. The first kappa shape index (κ1) is 15.8. The van der Waals surface area contributed by atoms with Crippen LogP contribution in [0.4, 0.5) is 0 Å². The lowest BCUT2D eigenvalue weighted by molar-refractivity contribution is 0.282. The summed E-state index contributed by atoms with van der Waals surface area (Å²) >= 11 is 6.14. The van der Waals surface area contributed by atoms with Crippen molar-refractivity contribution in [1.82, 2.24) is 0 Å². The zero-order chi connectivity index (χ0) is 14.3. The number of hydrogen-bond acceptors (Lipinski definition) is 3. The van der Waals surface area contributed by atoms with Gasteiger partial charge in [-0.3, -0.25) is 0 Å². The van der Waals surface area contributed by atoms with Crippen molar-refractivity contribution >= 4 is 11.6 Å². The van der Waals surface area contributed by atoms with Gasteiger partial charge in [-0.25, -0.2) is 0 Å². The van der Waals surface area contributed by atoms with Gasteiger partial charge in [0.05, 0.1) is 23.1 Å². The van der Waals surface area contributed by atoms with Crippen molar-refractivity contribution in [2.45, 2.75) is 33.1 Å². The number of para-hydroxylation sites is 1.